The van der Waals surface area contributed by atoms with Gasteiger partial charge in [-0.05, 0) is 31.4 Å². The summed E-state index contributed by atoms with van der Waals surface area (Å²) >= 11 is 0. The Morgan fingerprint density at radius 3 is 2.55 bits per heavy atom. The molecule has 0 aliphatic carbocycles. The second-order valence-corrected chi connectivity index (χ2v) is 5.14. The molecule has 0 atom stereocenters. The molecule has 0 aliphatic rings. The first-order chi connectivity index (χ1) is 10.7. The van der Waals surface area contributed by atoms with Crippen LogP contribution in [-0.2, 0) is 16.0 Å². The van der Waals surface area contributed by atoms with Gasteiger partial charge in [-0.1, -0.05) is 56.2 Å². The fourth-order valence-corrected chi connectivity index (χ4v) is 2.09. The minimum absolute atomic E-state index is 0.00111. The molecule has 22 heavy (non-hydrogen) atoms. The average molecular weight is 302 g/mol. The minimum atomic E-state index is -0.456. The number of hydrogen-bond donors (Lipinski definition) is 1. The lowest BCUT2D eigenvalue weighted by Gasteiger charge is -2.08. The molecule has 3 heteroatoms. The van der Waals surface area contributed by atoms with Crippen LogP contribution in [0.4, 0.5) is 0 Å². The van der Waals surface area contributed by atoms with E-state index in [0.717, 1.165) is 24.8 Å². The first kappa shape index (κ1) is 18.0. The van der Waals surface area contributed by atoms with E-state index in [0.29, 0.717) is 18.6 Å². The molecule has 0 unspecified atom stereocenters. The van der Waals surface area contributed by atoms with Crippen LogP contribution in [0.3, 0.4) is 0 Å². The summed E-state index contributed by atoms with van der Waals surface area (Å²) < 4.78 is 5.05. The largest absolute Gasteiger partial charge is 0.507 e. The van der Waals surface area contributed by atoms with Gasteiger partial charge >= 0.3 is 5.97 Å². The van der Waals surface area contributed by atoms with Gasteiger partial charge in [-0.25, -0.2) is 4.79 Å². The highest BCUT2D eigenvalue weighted by Gasteiger charge is 2.15. The van der Waals surface area contributed by atoms with E-state index in [-0.39, 0.29) is 5.76 Å². The average Bonchev–Trinajstić information content (AvgIpc) is 2.53. The summed E-state index contributed by atoms with van der Waals surface area (Å²) in [5.41, 5.74) is 1.27. The van der Waals surface area contributed by atoms with Gasteiger partial charge in [0.1, 0.15) is 5.76 Å². The number of allylic oxidation sites excluding steroid dienone is 2. The zero-order valence-corrected chi connectivity index (χ0v) is 13.5. The summed E-state index contributed by atoms with van der Waals surface area (Å²) in [5.74, 6) is -0.458. The summed E-state index contributed by atoms with van der Waals surface area (Å²) in [6, 6.07) is 9.60. The molecule has 1 N–H and O–H groups in total. The molecule has 0 aliphatic heterocycles. The molecule has 0 bridgehead atoms. The molecule has 0 radical (unpaired) electrons. The predicted octanol–water partition coefficient (Wildman–Crippen LogP) is 4.74. The zero-order valence-electron chi connectivity index (χ0n) is 13.5. The molecule has 1 rings (SSSR count). The maximum Gasteiger partial charge on any atom is 0.338 e. The lowest BCUT2D eigenvalue weighted by Crippen LogP contribution is -2.12. The highest BCUT2D eigenvalue weighted by atomic mass is 16.5. The number of esters is 1. The highest BCUT2D eigenvalue weighted by Crippen LogP contribution is 2.14. The van der Waals surface area contributed by atoms with Crippen LogP contribution in [0, 0.1) is 0 Å². The molecule has 120 valence electrons. The van der Waals surface area contributed by atoms with E-state index >= 15 is 0 Å². The van der Waals surface area contributed by atoms with Crippen molar-refractivity contribution in [1.29, 1.82) is 0 Å². The zero-order chi connectivity index (χ0) is 16.2. The lowest BCUT2D eigenvalue weighted by atomic mass is 10.0. The van der Waals surface area contributed by atoms with Crippen molar-refractivity contribution in [2.45, 2.75) is 46.0 Å². The molecule has 0 saturated carbocycles. The third-order valence-corrected chi connectivity index (χ3v) is 3.30. The van der Waals surface area contributed by atoms with E-state index in [4.69, 9.17) is 4.74 Å². The number of ether oxygens (including phenoxy) is 1. The van der Waals surface area contributed by atoms with Gasteiger partial charge in [0.15, 0.2) is 0 Å². The number of carbonyl (C=O) groups excluding carboxylic acids is 1. The molecule has 0 fully saturated rings. The summed E-state index contributed by atoms with van der Waals surface area (Å²) in [6.07, 6.45) is 8.22. The molecular formula is C19H26O3. The summed E-state index contributed by atoms with van der Waals surface area (Å²) in [7, 11) is 0. The van der Waals surface area contributed by atoms with Crippen molar-refractivity contribution >= 4 is 5.97 Å². The Morgan fingerprint density at radius 1 is 1.18 bits per heavy atom. The predicted molar refractivity (Wildman–Crippen MR) is 89.7 cm³/mol. The van der Waals surface area contributed by atoms with Crippen molar-refractivity contribution in [2.75, 3.05) is 6.61 Å². The van der Waals surface area contributed by atoms with Gasteiger partial charge in [-0.2, -0.15) is 0 Å². The number of unbranched alkanes of at least 4 members (excludes halogenated alkanes) is 3. The van der Waals surface area contributed by atoms with Crippen molar-refractivity contribution < 1.29 is 14.6 Å². The number of carbonyl (C=O) groups is 1. The normalized spacial score (nSPS) is 12.3. The molecule has 0 heterocycles. The van der Waals surface area contributed by atoms with Crippen LogP contribution in [0.1, 0.15) is 45.1 Å². The van der Waals surface area contributed by atoms with Gasteiger partial charge in [0.05, 0.1) is 12.2 Å². The minimum Gasteiger partial charge on any atom is -0.507 e. The molecular weight excluding hydrogens is 276 g/mol. The second-order valence-electron chi connectivity index (χ2n) is 5.14. The lowest BCUT2D eigenvalue weighted by molar-refractivity contribution is -0.138. The number of benzene rings is 1. The molecule has 0 amide bonds. The van der Waals surface area contributed by atoms with Gasteiger partial charge in [0, 0.05) is 6.42 Å². The Hall–Kier alpha value is -2.03. The van der Waals surface area contributed by atoms with Gasteiger partial charge in [0.25, 0.3) is 0 Å². The number of rotatable bonds is 9. The maximum atomic E-state index is 12.1. The first-order valence-electron chi connectivity index (χ1n) is 7.98. The number of aliphatic hydroxyl groups is 1. The molecule has 0 saturated heterocycles. The second kappa shape index (κ2) is 10.7. The smallest absolute Gasteiger partial charge is 0.338 e. The van der Waals surface area contributed by atoms with Gasteiger partial charge < -0.3 is 9.84 Å². The van der Waals surface area contributed by atoms with Crippen LogP contribution in [-0.4, -0.2) is 17.7 Å². The number of hydrogen-bond acceptors (Lipinski definition) is 3. The van der Waals surface area contributed by atoms with Crippen molar-refractivity contribution in [3.05, 3.63) is 59.4 Å². The highest BCUT2D eigenvalue weighted by molar-refractivity contribution is 5.90. The first-order valence-corrected chi connectivity index (χ1v) is 7.98. The Balaban J connectivity index is 2.83. The quantitative estimate of drug-likeness (QED) is 0.235. The SMILES string of the molecule is CCCCC/C=C/C(O)=C(/Cc1ccccc1)C(=O)OCC. The number of aliphatic hydroxyl groups excluding tert-OH is 1. The van der Waals surface area contributed by atoms with E-state index in [2.05, 4.69) is 6.92 Å². The van der Waals surface area contributed by atoms with E-state index in [9.17, 15) is 9.90 Å². The fourth-order valence-electron chi connectivity index (χ4n) is 2.09. The van der Waals surface area contributed by atoms with Crippen molar-refractivity contribution in [3.63, 3.8) is 0 Å². The third-order valence-electron chi connectivity index (χ3n) is 3.30. The van der Waals surface area contributed by atoms with E-state index in [1.54, 1.807) is 13.0 Å². The Morgan fingerprint density at radius 2 is 1.91 bits per heavy atom. The fraction of sp³-hybridized carbons (Fsp3) is 0.421. The van der Waals surface area contributed by atoms with Crippen molar-refractivity contribution in [2.24, 2.45) is 0 Å². The Bertz CT molecular complexity index is 501. The van der Waals surface area contributed by atoms with Gasteiger partial charge in [-0.15, -0.1) is 0 Å². The molecule has 0 aromatic heterocycles. The summed E-state index contributed by atoms with van der Waals surface area (Å²) in [6.45, 7) is 4.21. The maximum absolute atomic E-state index is 12.1. The molecule has 0 spiro atoms. The van der Waals surface area contributed by atoms with Gasteiger partial charge in [-0.3, -0.25) is 0 Å². The van der Waals surface area contributed by atoms with E-state index in [1.807, 2.05) is 36.4 Å². The monoisotopic (exact) mass is 302 g/mol. The molecule has 1 aromatic carbocycles. The molecule has 3 nitrogen and oxygen atoms in total. The van der Waals surface area contributed by atoms with Crippen LogP contribution in [0.25, 0.3) is 0 Å². The van der Waals surface area contributed by atoms with Crippen LogP contribution in [0.15, 0.2) is 53.8 Å². The van der Waals surface area contributed by atoms with Gasteiger partial charge in [0.2, 0.25) is 0 Å². The standard InChI is InChI=1S/C19H26O3/c1-3-5-6-7-11-14-18(20)17(19(21)22-4-2)15-16-12-9-8-10-13-16/h8-14,20H,3-7,15H2,1-2H3/b14-11+,18-17+. The van der Waals surface area contributed by atoms with Crippen molar-refractivity contribution in [3.8, 4) is 0 Å². The molecule has 1 aromatic rings. The van der Waals surface area contributed by atoms with Crippen LogP contribution in [0.2, 0.25) is 0 Å². The van der Waals surface area contributed by atoms with E-state index < -0.39 is 5.97 Å². The van der Waals surface area contributed by atoms with Crippen LogP contribution < -0.4 is 0 Å². The van der Waals surface area contributed by atoms with E-state index in [1.165, 1.54) is 6.42 Å². The summed E-state index contributed by atoms with van der Waals surface area (Å²) in [5, 5.41) is 10.2. The Kier molecular flexibility index (Phi) is 8.73. The van der Waals surface area contributed by atoms with Crippen LogP contribution >= 0.6 is 0 Å². The van der Waals surface area contributed by atoms with Crippen molar-refractivity contribution in [1.82, 2.24) is 0 Å². The Labute approximate surface area is 133 Å². The topological polar surface area (TPSA) is 46.5 Å². The summed E-state index contributed by atoms with van der Waals surface area (Å²) in [4.78, 5) is 12.1. The third kappa shape index (κ3) is 6.61. The van der Waals surface area contributed by atoms with Crippen LogP contribution in [0.5, 0.6) is 0 Å².